The minimum absolute atomic E-state index is 0.350. The third kappa shape index (κ3) is 1.81. The van der Waals surface area contributed by atoms with Crippen LogP contribution >= 0.6 is 11.3 Å². The Morgan fingerprint density at radius 1 is 1.44 bits per heavy atom. The van der Waals surface area contributed by atoms with Gasteiger partial charge in [-0.05, 0) is 54.5 Å². The number of nitrogens with two attached hydrogens (primary N) is 1. The molecular formula is C13H20N2S. The molecule has 1 aromatic rings. The van der Waals surface area contributed by atoms with E-state index in [1.54, 1.807) is 11.3 Å². The summed E-state index contributed by atoms with van der Waals surface area (Å²) in [7, 11) is 0. The number of thiophene rings is 1. The van der Waals surface area contributed by atoms with Gasteiger partial charge >= 0.3 is 0 Å². The summed E-state index contributed by atoms with van der Waals surface area (Å²) >= 11 is 1.80. The molecular weight excluding hydrogens is 216 g/mol. The quantitative estimate of drug-likeness (QED) is 0.851. The zero-order valence-electron chi connectivity index (χ0n) is 9.69. The average Bonchev–Trinajstić information content (AvgIpc) is 2.95. The van der Waals surface area contributed by atoms with Gasteiger partial charge in [-0.1, -0.05) is 0 Å². The minimum atomic E-state index is 0.350. The van der Waals surface area contributed by atoms with E-state index in [1.165, 1.54) is 37.7 Å². The molecule has 2 N–H and O–H groups in total. The Morgan fingerprint density at radius 3 is 2.69 bits per heavy atom. The minimum Gasteiger partial charge on any atom is -0.329 e. The van der Waals surface area contributed by atoms with Gasteiger partial charge in [0.05, 0.1) is 0 Å². The van der Waals surface area contributed by atoms with Crippen molar-refractivity contribution in [3.05, 3.63) is 22.4 Å². The molecule has 0 bridgehead atoms. The predicted molar refractivity (Wildman–Crippen MR) is 68.5 cm³/mol. The molecule has 0 radical (unpaired) electrons. The lowest BCUT2D eigenvalue weighted by atomic mass is 9.75. The second-order valence-electron chi connectivity index (χ2n) is 5.27. The van der Waals surface area contributed by atoms with Crippen LogP contribution in [0.25, 0.3) is 0 Å². The summed E-state index contributed by atoms with van der Waals surface area (Å²) in [5, 5.41) is 4.45. The van der Waals surface area contributed by atoms with Gasteiger partial charge in [0.2, 0.25) is 0 Å². The van der Waals surface area contributed by atoms with Crippen molar-refractivity contribution in [2.75, 3.05) is 6.54 Å². The fourth-order valence-corrected chi connectivity index (χ4v) is 3.50. The highest BCUT2D eigenvalue weighted by Crippen LogP contribution is 2.44. The molecule has 2 aliphatic carbocycles. The molecule has 2 saturated carbocycles. The molecule has 2 nitrogen and oxygen atoms in total. The van der Waals surface area contributed by atoms with Crippen LogP contribution in [0.3, 0.4) is 0 Å². The van der Waals surface area contributed by atoms with Gasteiger partial charge in [-0.2, -0.15) is 11.3 Å². The van der Waals surface area contributed by atoms with Crippen LogP contribution in [0.2, 0.25) is 0 Å². The molecule has 0 spiro atoms. The van der Waals surface area contributed by atoms with Crippen LogP contribution in [0.4, 0.5) is 0 Å². The molecule has 16 heavy (non-hydrogen) atoms. The lowest BCUT2D eigenvalue weighted by Crippen LogP contribution is -2.58. The first-order valence-corrected chi connectivity index (χ1v) is 7.26. The SMILES string of the molecule is NCC1(N(Cc2ccsc2)C2CC2)CCC1. The second-order valence-corrected chi connectivity index (χ2v) is 6.05. The molecule has 1 aromatic heterocycles. The van der Waals surface area contributed by atoms with Crippen molar-refractivity contribution in [1.82, 2.24) is 4.90 Å². The van der Waals surface area contributed by atoms with Crippen LogP contribution < -0.4 is 5.73 Å². The Kier molecular flexibility index (Phi) is 2.78. The Bertz CT molecular complexity index is 333. The normalized spacial score (nSPS) is 23.4. The zero-order chi connectivity index (χ0) is 11.0. The van der Waals surface area contributed by atoms with Gasteiger partial charge in [0.15, 0.2) is 0 Å². The smallest absolute Gasteiger partial charge is 0.0338 e. The molecule has 0 aromatic carbocycles. The molecule has 88 valence electrons. The second kappa shape index (κ2) is 4.13. The summed E-state index contributed by atoms with van der Waals surface area (Å²) in [6.07, 6.45) is 6.75. The highest BCUT2D eigenvalue weighted by atomic mass is 32.1. The third-order valence-electron chi connectivity index (χ3n) is 4.19. The lowest BCUT2D eigenvalue weighted by Gasteiger charge is -2.50. The fraction of sp³-hybridized carbons (Fsp3) is 0.692. The number of rotatable bonds is 5. The van der Waals surface area contributed by atoms with E-state index in [9.17, 15) is 0 Å². The van der Waals surface area contributed by atoms with E-state index < -0.39 is 0 Å². The van der Waals surface area contributed by atoms with Gasteiger partial charge in [-0.3, -0.25) is 4.90 Å². The van der Waals surface area contributed by atoms with E-state index in [0.29, 0.717) is 5.54 Å². The molecule has 0 aliphatic heterocycles. The van der Waals surface area contributed by atoms with Crippen LogP contribution in [0.1, 0.15) is 37.7 Å². The summed E-state index contributed by atoms with van der Waals surface area (Å²) < 4.78 is 0. The van der Waals surface area contributed by atoms with Crippen molar-refractivity contribution in [3.63, 3.8) is 0 Å². The standard InChI is InChI=1S/C13H20N2S/c14-10-13(5-1-6-13)15(12-2-3-12)8-11-4-7-16-9-11/h4,7,9,12H,1-3,5-6,8,10,14H2. The monoisotopic (exact) mass is 236 g/mol. The molecule has 0 saturated heterocycles. The summed E-state index contributed by atoms with van der Waals surface area (Å²) in [6.45, 7) is 1.96. The maximum Gasteiger partial charge on any atom is 0.0338 e. The van der Waals surface area contributed by atoms with Crippen LogP contribution in [-0.4, -0.2) is 23.0 Å². The first kappa shape index (κ1) is 10.8. The van der Waals surface area contributed by atoms with E-state index in [4.69, 9.17) is 5.73 Å². The van der Waals surface area contributed by atoms with Crippen molar-refractivity contribution in [2.45, 2.75) is 50.2 Å². The largest absolute Gasteiger partial charge is 0.329 e. The summed E-state index contributed by atoms with van der Waals surface area (Å²) in [5.41, 5.74) is 7.84. The van der Waals surface area contributed by atoms with Crippen molar-refractivity contribution < 1.29 is 0 Å². The van der Waals surface area contributed by atoms with Crippen LogP contribution in [0, 0.1) is 0 Å². The Hall–Kier alpha value is -0.380. The molecule has 3 heteroatoms. The molecule has 0 atom stereocenters. The molecule has 2 aliphatic rings. The van der Waals surface area contributed by atoms with Crippen molar-refractivity contribution >= 4 is 11.3 Å². The van der Waals surface area contributed by atoms with E-state index in [1.807, 2.05) is 0 Å². The number of hydrogen-bond acceptors (Lipinski definition) is 3. The number of nitrogens with zero attached hydrogens (tertiary/aromatic N) is 1. The van der Waals surface area contributed by atoms with E-state index in [2.05, 4.69) is 21.7 Å². The fourth-order valence-electron chi connectivity index (χ4n) is 2.84. The lowest BCUT2D eigenvalue weighted by molar-refractivity contribution is 0.00918. The van der Waals surface area contributed by atoms with Crippen LogP contribution in [0.5, 0.6) is 0 Å². The van der Waals surface area contributed by atoms with Crippen molar-refractivity contribution in [1.29, 1.82) is 0 Å². The number of hydrogen-bond donors (Lipinski definition) is 1. The summed E-state index contributed by atoms with van der Waals surface area (Å²) in [5.74, 6) is 0. The predicted octanol–water partition coefficient (Wildman–Crippen LogP) is 2.59. The molecule has 3 rings (SSSR count). The Labute approximate surface area is 101 Å². The molecule has 2 fully saturated rings. The topological polar surface area (TPSA) is 29.3 Å². The maximum absolute atomic E-state index is 6.03. The summed E-state index contributed by atoms with van der Waals surface area (Å²) in [4.78, 5) is 2.71. The van der Waals surface area contributed by atoms with Crippen LogP contribution in [-0.2, 0) is 6.54 Å². The van der Waals surface area contributed by atoms with E-state index in [0.717, 1.165) is 19.1 Å². The average molecular weight is 236 g/mol. The molecule has 0 amide bonds. The zero-order valence-corrected chi connectivity index (χ0v) is 10.5. The van der Waals surface area contributed by atoms with Gasteiger partial charge in [0, 0.05) is 24.7 Å². The highest BCUT2D eigenvalue weighted by Gasteiger charge is 2.46. The first-order chi connectivity index (χ1) is 7.84. The third-order valence-corrected chi connectivity index (χ3v) is 4.93. The van der Waals surface area contributed by atoms with Gasteiger partial charge in [-0.15, -0.1) is 0 Å². The van der Waals surface area contributed by atoms with Gasteiger partial charge in [0.25, 0.3) is 0 Å². The van der Waals surface area contributed by atoms with Gasteiger partial charge in [-0.25, -0.2) is 0 Å². The van der Waals surface area contributed by atoms with E-state index >= 15 is 0 Å². The van der Waals surface area contributed by atoms with Gasteiger partial charge in [0.1, 0.15) is 0 Å². The maximum atomic E-state index is 6.03. The highest BCUT2D eigenvalue weighted by molar-refractivity contribution is 7.07. The van der Waals surface area contributed by atoms with Crippen molar-refractivity contribution in [2.24, 2.45) is 5.73 Å². The Balaban J connectivity index is 1.75. The van der Waals surface area contributed by atoms with Crippen LogP contribution in [0.15, 0.2) is 16.8 Å². The summed E-state index contributed by atoms with van der Waals surface area (Å²) in [6, 6.07) is 3.08. The molecule has 1 heterocycles. The van der Waals surface area contributed by atoms with Gasteiger partial charge < -0.3 is 5.73 Å². The Morgan fingerprint density at radius 2 is 2.25 bits per heavy atom. The van der Waals surface area contributed by atoms with E-state index in [-0.39, 0.29) is 0 Å². The molecule has 0 unspecified atom stereocenters. The van der Waals surface area contributed by atoms with Crippen molar-refractivity contribution in [3.8, 4) is 0 Å². The first-order valence-electron chi connectivity index (χ1n) is 6.32.